The highest BCUT2D eigenvalue weighted by Crippen LogP contribution is 1.96. The number of hydrogen-bond acceptors (Lipinski definition) is 3. The molecule has 0 aliphatic rings. The highest BCUT2D eigenvalue weighted by Gasteiger charge is 2.17. The molecule has 0 spiro atoms. The van der Waals surface area contributed by atoms with E-state index < -0.39 is 18.1 Å². The molecule has 0 aromatic rings. The van der Waals surface area contributed by atoms with E-state index in [2.05, 4.69) is 16.6 Å². The van der Waals surface area contributed by atoms with Gasteiger partial charge in [-0.15, -0.1) is 0 Å². The first-order valence-electron chi connectivity index (χ1n) is 4.39. The Labute approximate surface area is 88.4 Å². The SMILES string of the molecule is C=CCOC(=O)N[C@@H](C=C(C)C)C(=O)O. The van der Waals surface area contributed by atoms with Gasteiger partial charge >= 0.3 is 12.1 Å². The molecule has 0 saturated carbocycles. The smallest absolute Gasteiger partial charge is 0.408 e. The van der Waals surface area contributed by atoms with Gasteiger partial charge in [0.05, 0.1) is 0 Å². The third-order valence-electron chi connectivity index (χ3n) is 1.37. The Balaban J connectivity index is 4.29. The van der Waals surface area contributed by atoms with Gasteiger partial charge in [-0.1, -0.05) is 24.3 Å². The van der Waals surface area contributed by atoms with Crippen molar-refractivity contribution in [1.29, 1.82) is 0 Å². The molecule has 2 N–H and O–H groups in total. The van der Waals surface area contributed by atoms with E-state index in [4.69, 9.17) is 5.11 Å². The molecule has 0 saturated heterocycles. The lowest BCUT2D eigenvalue weighted by molar-refractivity contribution is -0.138. The average molecular weight is 213 g/mol. The summed E-state index contributed by atoms with van der Waals surface area (Å²) in [5, 5.41) is 11.0. The van der Waals surface area contributed by atoms with Crippen LogP contribution in [-0.4, -0.2) is 29.8 Å². The van der Waals surface area contributed by atoms with Crippen LogP contribution in [0.2, 0.25) is 0 Å². The van der Waals surface area contributed by atoms with Crippen molar-refractivity contribution in [3.8, 4) is 0 Å². The van der Waals surface area contributed by atoms with E-state index >= 15 is 0 Å². The number of carboxylic acids is 1. The van der Waals surface area contributed by atoms with Gasteiger partial charge in [0, 0.05) is 0 Å². The van der Waals surface area contributed by atoms with Crippen LogP contribution in [-0.2, 0) is 9.53 Å². The van der Waals surface area contributed by atoms with E-state index in [1.807, 2.05) is 0 Å². The highest BCUT2D eigenvalue weighted by atomic mass is 16.5. The Bertz CT molecular complexity index is 279. The summed E-state index contributed by atoms with van der Waals surface area (Å²) in [5.74, 6) is -1.13. The first kappa shape index (κ1) is 13.2. The number of alkyl carbamates (subject to hydrolysis) is 1. The van der Waals surface area contributed by atoms with Gasteiger partial charge in [0.1, 0.15) is 12.6 Å². The van der Waals surface area contributed by atoms with Crippen molar-refractivity contribution in [3.05, 3.63) is 24.3 Å². The van der Waals surface area contributed by atoms with Crippen LogP contribution in [0.1, 0.15) is 13.8 Å². The van der Waals surface area contributed by atoms with Gasteiger partial charge in [0.2, 0.25) is 0 Å². The maximum Gasteiger partial charge on any atom is 0.408 e. The number of carbonyl (C=O) groups excluding carboxylic acids is 1. The number of carbonyl (C=O) groups is 2. The van der Waals surface area contributed by atoms with Crippen molar-refractivity contribution in [1.82, 2.24) is 5.32 Å². The lowest BCUT2D eigenvalue weighted by atomic mass is 10.2. The molecule has 84 valence electrons. The molecular weight excluding hydrogens is 198 g/mol. The predicted octanol–water partition coefficient (Wildman–Crippen LogP) is 1.32. The molecule has 1 amide bonds. The maximum absolute atomic E-state index is 11.0. The first-order valence-corrected chi connectivity index (χ1v) is 4.39. The fraction of sp³-hybridized carbons (Fsp3) is 0.400. The molecule has 0 aromatic heterocycles. The van der Waals surface area contributed by atoms with Gasteiger partial charge in [0.15, 0.2) is 0 Å². The van der Waals surface area contributed by atoms with Crippen molar-refractivity contribution < 1.29 is 19.4 Å². The third kappa shape index (κ3) is 6.31. The Morgan fingerprint density at radius 3 is 2.53 bits per heavy atom. The fourth-order valence-corrected chi connectivity index (χ4v) is 0.811. The van der Waals surface area contributed by atoms with Crippen molar-refractivity contribution in [3.63, 3.8) is 0 Å². The van der Waals surface area contributed by atoms with Gasteiger partial charge in [-0.25, -0.2) is 9.59 Å². The Morgan fingerprint density at radius 1 is 1.53 bits per heavy atom. The summed E-state index contributed by atoms with van der Waals surface area (Å²) >= 11 is 0. The Morgan fingerprint density at radius 2 is 2.13 bits per heavy atom. The second-order valence-electron chi connectivity index (χ2n) is 3.09. The van der Waals surface area contributed by atoms with Crippen LogP contribution in [0.5, 0.6) is 0 Å². The minimum atomic E-state index is -1.13. The third-order valence-corrected chi connectivity index (χ3v) is 1.37. The Kier molecular flexibility index (Phi) is 5.85. The second kappa shape index (κ2) is 6.64. The van der Waals surface area contributed by atoms with E-state index in [9.17, 15) is 9.59 Å². The lowest BCUT2D eigenvalue weighted by Crippen LogP contribution is -2.39. The number of nitrogens with one attached hydrogen (secondary N) is 1. The van der Waals surface area contributed by atoms with E-state index in [0.29, 0.717) is 0 Å². The minimum absolute atomic E-state index is 0.0486. The molecule has 0 fully saturated rings. The molecule has 0 rings (SSSR count). The quantitative estimate of drug-likeness (QED) is 0.675. The normalized spacial score (nSPS) is 11.1. The average Bonchev–Trinajstić information content (AvgIpc) is 2.12. The van der Waals surface area contributed by atoms with Crippen LogP contribution in [0, 0.1) is 0 Å². The van der Waals surface area contributed by atoms with E-state index in [-0.39, 0.29) is 6.61 Å². The summed E-state index contributed by atoms with van der Waals surface area (Å²) in [5.41, 5.74) is 0.798. The van der Waals surface area contributed by atoms with Gasteiger partial charge in [0.25, 0.3) is 0 Å². The summed E-state index contributed by atoms with van der Waals surface area (Å²) in [6.45, 7) is 6.90. The number of ether oxygens (including phenoxy) is 1. The molecule has 5 heteroatoms. The minimum Gasteiger partial charge on any atom is -0.479 e. The lowest BCUT2D eigenvalue weighted by Gasteiger charge is -2.10. The maximum atomic E-state index is 11.0. The Hall–Kier alpha value is -1.78. The van der Waals surface area contributed by atoms with Gasteiger partial charge in [-0.3, -0.25) is 0 Å². The van der Waals surface area contributed by atoms with Crippen LogP contribution >= 0.6 is 0 Å². The first-order chi connectivity index (χ1) is 6.97. The number of rotatable bonds is 5. The number of allylic oxidation sites excluding steroid dienone is 1. The predicted molar refractivity (Wildman–Crippen MR) is 55.5 cm³/mol. The van der Waals surface area contributed by atoms with Crippen molar-refractivity contribution in [2.45, 2.75) is 19.9 Å². The molecule has 0 heterocycles. The van der Waals surface area contributed by atoms with Crippen LogP contribution in [0.15, 0.2) is 24.3 Å². The standard InChI is InChI=1S/C10H15NO4/c1-4-5-15-10(14)11-8(9(12)13)6-7(2)3/h4,6,8H,1,5H2,2-3H3,(H,11,14)(H,12,13)/t8-/m0/s1. The van der Waals surface area contributed by atoms with Crippen molar-refractivity contribution in [2.75, 3.05) is 6.61 Å². The molecule has 5 nitrogen and oxygen atoms in total. The summed E-state index contributed by atoms with van der Waals surface area (Å²) in [4.78, 5) is 21.7. The van der Waals surface area contributed by atoms with E-state index in [0.717, 1.165) is 5.57 Å². The zero-order valence-electron chi connectivity index (χ0n) is 8.82. The molecule has 15 heavy (non-hydrogen) atoms. The number of carboxylic acid groups (broad SMARTS) is 1. The molecular formula is C10H15NO4. The molecule has 0 aliphatic heterocycles. The zero-order chi connectivity index (χ0) is 11.8. The number of amides is 1. The van der Waals surface area contributed by atoms with Gasteiger partial charge in [-0.2, -0.15) is 0 Å². The van der Waals surface area contributed by atoms with E-state index in [1.165, 1.54) is 12.2 Å². The van der Waals surface area contributed by atoms with E-state index in [1.54, 1.807) is 13.8 Å². The highest BCUT2D eigenvalue weighted by molar-refractivity contribution is 5.81. The van der Waals surface area contributed by atoms with Crippen LogP contribution in [0.25, 0.3) is 0 Å². The van der Waals surface area contributed by atoms with Crippen LogP contribution in [0.4, 0.5) is 4.79 Å². The number of hydrogen-bond donors (Lipinski definition) is 2. The second-order valence-corrected chi connectivity index (χ2v) is 3.09. The molecule has 0 radical (unpaired) electrons. The largest absolute Gasteiger partial charge is 0.479 e. The summed E-state index contributed by atoms with van der Waals surface area (Å²) in [6.07, 6.45) is 2.05. The summed E-state index contributed by atoms with van der Waals surface area (Å²) in [7, 11) is 0. The van der Waals surface area contributed by atoms with Gasteiger partial charge in [-0.05, 0) is 13.8 Å². The van der Waals surface area contributed by atoms with Crippen molar-refractivity contribution in [2.24, 2.45) is 0 Å². The van der Waals surface area contributed by atoms with Crippen molar-refractivity contribution >= 4 is 12.1 Å². The van der Waals surface area contributed by atoms with Gasteiger partial charge < -0.3 is 15.2 Å². The van der Waals surface area contributed by atoms with Crippen LogP contribution < -0.4 is 5.32 Å². The molecule has 1 atom stereocenters. The molecule has 0 bridgehead atoms. The molecule has 0 aromatic carbocycles. The topological polar surface area (TPSA) is 75.6 Å². The zero-order valence-corrected chi connectivity index (χ0v) is 8.82. The monoisotopic (exact) mass is 213 g/mol. The summed E-state index contributed by atoms with van der Waals surface area (Å²) < 4.78 is 4.59. The summed E-state index contributed by atoms with van der Waals surface area (Å²) in [6, 6.07) is -1.06. The van der Waals surface area contributed by atoms with Crippen LogP contribution in [0.3, 0.4) is 0 Å². The molecule has 0 unspecified atom stereocenters. The fourth-order valence-electron chi connectivity index (χ4n) is 0.811. The molecule has 0 aliphatic carbocycles. The number of aliphatic carboxylic acids is 1.